The summed E-state index contributed by atoms with van der Waals surface area (Å²) >= 11 is 3.36. The average Bonchev–Trinajstić information content (AvgIpc) is 2.03. The maximum atomic E-state index is 9.74. The van der Waals surface area contributed by atoms with Gasteiger partial charge in [-0.2, -0.15) is 38.1 Å². The topological polar surface area (TPSA) is 51.7 Å². The molecule has 0 aromatic heterocycles. The Morgan fingerprint density at radius 1 is 1.53 bits per heavy atom. The summed E-state index contributed by atoms with van der Waals surface area (Å²) < 4.78 is 0.981. The van der Waals surface area contributed by atoms with Crippen LogP contribution in [0.15, 0.2) is 22.7 Å². The first-order valence-corrected chi connectivity index (χ1v) is 5.03. The fourth-order valence-electron chi connectivity index (χ4n) is 1.14. The fourth-order valence-corrected chi connectivity index (χ4v) is 1.52. The second kappa shape index (κ2) is 8.32. The normalized spacial score (nSPS) is 11.5. The summed E-state index contributed by atoms with van der Waals surface area (Å²) in [5.41, 5.74) is 0.843. The zero-order valence-corrected chi connectivity index (χ0v) is 11.6. The molecule has 1 unspecified atom stereocenters. The predicted molar refractivity (Wildman–Crippen MR) is 60.8 cm³/mol. The zero-order valence-electron chi connectivity index (χ0n) is 8.75. The van der Waals surface area contributed by atoms with Crippen LogP contribution in [0.25, 0.3) is 0 Å². The van der Waals surface area contributed by atoms with Crippen LogP contribution in [-0.4, -0.2) is 10.6 Å². The van der Waals surface area contributed by atoms with Crippen LogP contribution in [0.5, 0.6) is 0 Å². The summed E-state index contributed by atoms with van der Waals surface area (Å²) in [6.45, 7) is 4.03. The van der Waals surface area contributed by atoms with Crippen LogP contribution in [0.3, 0.4) is 0 Å². The number of benzene rings is 1. The Kier molecular flexibility index (Phi) is 9.73. The first-order valence-electron chi connectivity index (χ1n) is 4.24. The molecule has 0 saturated heterocycles. The molecular weight excluding hydrogens is 296 g/mol. The maximum Gasteiger partial charge on any atom is 2.00 e. The van der Waals surface area contributed by atoms with Crippen LogP contribution in [0.2, 0.25) is 0 Å². The van der Waals surface area contributed by atoms with Gasteiger partial charge in [0.15, 0.2) is 0 Å². The van der Waals surface area contributed by atoms with E-state index >= 15 is 0 Å². The number of halogens is 1. The summed E-state index contributed by atoms with van der Waals surface area (Å²) in [4.78, 5) is 0. The van der Waals surface area contributed by atoms with Gasteiger partial charge in [-0.25, -0.2) is 0 Å². The zero-order chi connectivity index (χ0) is 9.84. The molecule has 1 aromatic carbocycles. The molecule has 4 heteroatoms. The van der Waals surface area contributed by atoms with Gasteiger partial charge in [0.1, 0.15) is 0 Å². The minimum Gasteiger partial charge on any atom is -0.412 e. The molecule has 0 radical (unpaired) electrons. The molecule has 2 nitrogen and oxygen atoms in total. The van der Waals surface area contributed by atoms with Crippen molar-refractivity contribution < 1.29 is 27.9 Å². The molecule has 1 aromatic rings. The summed E-state index contributed by atoms with van der Waals surface area (Å²) in [6.07, 6.45) is 0.273. The van der Waals surface area contributed by atoms with Crippen LogP contribution in [-0.2, 0) is 17.4 Å². The summed E-state index contributed by atoms with van der Waals surface area (Å²) in [5, 5.41) is 9.74. The van der Waals surface area contributed by atoms with Gasteiger partial charge in [-0.1, -0.05) is 20.4 Å². The first-order chi connectivity index (χ1) is 6.09. The van der Waals surface area contributed by atoms with E-state index < -0.39 is 6.10 Å². The molecule has 0 bridgehead atoms. The van der Waals surface area contributed by atoms with Crippen molar-refractivity contribution in [2.45, 2.75) is 26.4 Å². The third kappa shape index (κ3) is 6.34. The standard InChI is InChI=1S/C11H13BrO.Cr.H2O/c1-8(2)6-11(13)9-4-3-5-10(12)7-9;;/h3,5,7,11,13H,6H2,1-2H3;;1H2/q-2;+2;. The van der Waals surface area contributed by atoms with Gasteiger partial charge in [-0.15, -0.1) is 12.0 Å². The predicted octanol–water partition coefficient (Wildman–Crippen LogP) is 2.46. The van der Waals surface area contributed by atoms with E-state index in [-0.39, 0.29) is 22.8 Å². The Hall–Kier alpha value is 0.152. The third-order valence-corrected chi connectivity index (χ3v) is 2.24. The number of aliphatic hydroxyl groups is 1. The molecule has 0 aliphatic carbocycles. The van der Waals surface area contributed by atoms with Crippen molar-refractivity contribution in [3.05, 3.63) is 40.2 Å². The van der Waals surface area contributed by atoms with Crippen molar-refractivity contribution in [2.75, 3.05) is 0 Å². The van der Waals surface area contributed by atoms with Gasteiger partial charge < -0.3 is 16.5 Å². The molecule has 15 heavy (non-hydrogen) atoms. The summed E-state index contributed by atoms with van der Waals surface area (Å²) in [7, 11) is 0. The Labute approximate surface area is 110 Å². The van der Waals surface area contributed by atoms with Gasteiger partial charge >= 0.3 is 17.4 Å². The largest absolute Gasteiger partial charge is 2.00 e. The van der Waals surface area contributed by atoms with Crippen molar-refractivity contribution >= 4 is 15.9 Å². The van der Waals surface area contributed by atoms with E-state index in [1.807, 2.05) is 32.0 Å². The quantitative estimate of drug-likeness (QED) is 0.857. The van der Waals surface area contributed by atoms with Crippen LogP contribution < -0.4 is 0 Å². The SMILES string of the molecule is C[C-](C)CC(O)c1[c-]ccc(Br)c1.O.[Cr+2]. The number of aliphatic hydroxyl groups excluding tert-OH is 1. The van der Waals surface area contributed by atoms with E-state index in [0.29, 0.717) is 6.42 Å². The minimum atomic E-state index is -0.428. The third-order valence-electron chi connectivity index (χ3n) is 1.75. The molecule has 0 saturated carbocycles. The van der Waals surface area contributed by atoms with E-state index in [4.69, 9.17) is 0 Å². The molecule has 3 N–H and O–H groups in total. The van der Waals surface area contributed by atoms with Crippen molar-refractivity contribution in [3.8, 4) is 0 Å². The monoisotopic (exact) mass is 310 g/mol. The second-order valence-electron chi connectivity index (χ2n) is 3.39. The Bertz CT molecular complexity index is 279. The van der Waals surface area contributed by atoms with Crippen LogP contribution in [0.1, 0.15) is 31.9 Å². The molecular formula is C11H15BrCrO2. The number of rotatable bonds is 3. The molecule has 0 aliphatic heterocycles. The average molecular weight is 311 g/mol. The summed E-state index contributed by atoms with van der Waals surface area (Å²) in [6, 6.07) is 8.63. The fraction of sp³-hybridized carbons (Fsp3) is 0.364. The molecule has 1 rings (SSSR count). The molecule has 0 aliphatic rings. The maximum absolute atomic E-state index is 9.74. The molecule has 1 atom stereocenters. The van der Waals surface area contributed by atoms with Crippen molar-refractivity contribution in [3.63, 3.8) is 0 Å². The molecule has 0 spiro atoms. The minimum absolute atomic E-state index is 0. The smallest absolute Gasteiger partial charge is 0.412 e. The van der Waals surface area contributed by atoms with Crippen LogP contribution >= 0.6 is 15.9 Å². The summed E-state index contributed by atoms with van der Waals surface area (Å²) in [5.74, 6) is 1.22. The molecule has 0 amide bonds. The van der Waals surface area contributed by atoms with Crippen molar-refractivity contribution in [1.82, 2.24) is 0 Å². The Morgan fingerprint density at radius 3 is 2.60 bits per heavy atom. The van der Waals surface area contributed by atoms with E-state index in [9.17, 15) is 5.11 Å². The molecule has 0 heterocycles. The molecule has 84 valence electrons. The molecule has 0 fully saturated rings. The van der Waals surface area contributed by atoms with Gasteiger partial charge in [0.2, 0.25) is 0 Å². The number of hydrogen-bond acceptors (Lipinski definition) is 1. The van der Waals surface area contributed by atoms with Gasteiger partial charge in [-0.05, 0) is 0 Å². The van der Waals surface area contributed by atoms with E-state index in [1.165, 1.54) is 5.92 Å². The van der Waals surface area contributed by atoms with Gasteiger partial charge in [-0.3, -0.25) is 0 Å². The van der Waals surface area contributed by atoms with Gasteiger partial charge in [0.05, 0.1) is 0 Å². The van der Waals surface area contributed by atoms with E-state index in [1.54, 1.807) is 0 Å². The first kappa shape index (κ1) is 17.5. The van der Waals surface area contributed by atoms with E-state index in [0.717, 1.165) is 10.0 Å². The van der Waals surface area contributed by atoms with Crippen LogP contribution in [0, 0.1) is 12.0 Å². The Balaban J connectivity index is 0. The van der Waals surface area contributed by atoms with Crippen molar-refractivity contribution in [1.29, 1.82) is 0 Å². The van der Waals surface area contributed by atoms with Crippen molar-refractivity contribution in [2.24, 2.45) is 0 Å². The van der Waals surface area contributed by atoms with Gasteiger partial charge in [0.25, 0.3) is 0 Å². The van der Waals surface area contributed by atoms with E-state index in [2.05, 4.69) is 22.0 Å². The Morgan fingerprint density at radius 2 is 2.13 bits per heavy atom. The van der Waals surface area contributed by atoms with Gasteiger partial charge in [0, 0.05) is 6.10 Å². The number of hydrogen-bond donors (Lipinski definition) is 1. The van der Waals surface area contributed by atoms with Crippen LogP contribution in [0.4, 0.5) is 0 Å². The second-order valence-corrected chi connectivity index (χ2v) is 4.30.